The van der Waals surface area contributed by atoms with E-state index in [9.17, 15) is 13.6 Å². The largest absolute Gasteiger partial charge is 0.486 e. The molecule has 0 fully saturated rings. The van der Waals surface area contributed by atoms with E-state index in [1.165, 1.54) is 12.1 Å². The lowest BCUT2D eigenvalue weighted by Crippen LogP contribution is -2.15. The summed E-state index contributed by atoms with van der Waals surface area (Å²) in [6.45, 7) is 0.940. The number of hydrogen-bond donors (Lipinski definition) is 0. The molecule has 2 aliphatic heterocycles. The van der Waals surface area contributed by atoms with E-state index in [2.05, 4.69) is 4.99 Å². The van der Waals surface area contributed by atoms with E-state index in [4.69, 9.17) is 14.2 Å². The van der Waals surface area contributed by atoms with Gasteiger partial charge in [-0.05, 0) is 42.0 Å². The molecule has 0 amide bonds. The van der Waals surface area contributed by atoms with E-state index in [1.54, 1.807) is 18.2 Å². The highest BCUT2D eigenvalue weighted by Crippen LogP contribution is 2.32. The third kappa shape index (κ3) is 2.96. The van der Waals surface area contributed by atoms with Crippen LogP contribution in [0.15, 0.2) is 47.1 Å². The first-order chi connectivity index (χ1) is 12.1. The Balaban J connectivity index is 1.65. The number of hydrogen-bond acceptors (Lipinski definition) is 5. The van der Waals surface area contributed by atoms with E-state index in [0.717, 1.165) is 12.1 Å². The van der Waals surface area contributed by atoms with Crippen molar-refractivity contribution in [2.24, 2.45) is 4.99 Å². The minimum Gasteiger partial charge on any atom is -0.486 e. The summed E-state index contributed by atoms with van der Waals surface area (Å²) in [5.41, 5.74) is 0.903. The summed E-state index contributed by atoms with van der Waals surface area (Å²) >= 11 is 0. The molecule has 2 aromatic carbocycles. The summed E-state index contributed by atoms with van der Waals surface area (Å²) in [5.74, 6) is -1.56. The van der Waals surface area contributed by atoms with Crippen molar-refractivity contribution < 1.29 is 27.8 Å². The summed E-state index contributed by atoms with van der Waals surface area (Å²) in [6.07, 6.45) is 1.52. The van der Waals surface area contributed by atoms with Crippen LogP contribution in [0.25, 0.3) is 6.08 Å². The van der Waals surface area contributed by atoms with Crippen molar-refractivity contribution in [1.82, 2.24) is 0 Å². The highest BCUT2D eigenvalue weighted by atomic mass is 19.2. The van der Waals surface area contributed by atoms with Crippen LogP contribution in [0.3, 0.4) is 0 Å². The van der Waals surface area contributed by atoms with Crippen LogP contribution in [0, 0.1) is 11.6 Å². The molecule has 2 aliphatic rings. The van der Waals surface area contributed by atoms with E-state index in [1.807, 2.05) is 0 Å². The summed E-state index contributed by atoms with van der Waals surface area (Å²) in [5, 5.41) is 0. The average molecular weight is 343 g/mol. The van der Waals surface area contributed by atoms with Crippen LogP contribution in [-0.4, -0.2) is 25.1 Å². The number of ether oxygens (including phenoxy) is 3. The summed E-state index contributed by atoms with van der Waals surface area (Å²) in [6, 6.07) is 8.37. The Kier molecular flexibility index (Phi) is 3.68. The Morgan fingerprint density at radius 1 is 0.960 bits per heavy atom. The van der Waals surface area contributed by atoms with Gasteiger partial charge < -0.3 is 14.2 Å². The van der Waals surface area contributed by atoms with Crippen molar-refractivity contribution in [1.29, 1.82) is 0 Å². The van der Waals surface area contributed by atoms with Gasteiger partial charge in [0.15, 0.2) is 28.8 Å². The number of carbonyl (C=O) groups excluding carboxylic acids is 1. The second kappa shape index (κ2) is 6.01. The molecule has 0 atom stereocenters. The molecule has 0 saturated carbocycles. The fourth-order valence-electron chi connectivity index (χ4n) is 2.47. The average Bonchev–Trinajstić information content (AvgIpc) is 2.98. The van der Waals surface area contributed by atoms with Gasteiger partial charge in [0.2, 0.25) is 5.90 Å². The first-order valence-corrected chi connectivity index (χ1v) is 7.48. The van der Waals surface area contributed by atoms with Crippen molar-refractivity contribution in [3.8, 4) is 11.5 Å². The minimum absolute atomic E-state index is 0.0522. The van der Waals surface area contributed by atoms with Gasteiger partial charge in [0.25, 0.3) is 0 Å². The number of aliphatic imine (C=N–C) groups is 1. The van der Waals surface area contributed by atoms with E-state index >= 15 is 0 Å². The monoisotopic (exact) mass is 343 g/mol. The summed E-state index contributed by atoms with van der Waals surface area (Å²) in [7, 11) is 0. The fourth-order valence-corrected chi connectivity index (χ4v) is 2.47. The molecular weight excluding hydrogens is 332 g/mol. The van der Waals surface area contributed by atoms with Gasteiger partial charge in [-0.25, -0.2) is 18.6 Å². The molecule has 0 aliphatic carbocycles. The van der Waals surface area contributed by atoms with Gasteiger partial charge in [-0.1, -0.05) is 6.07 Å². The van der Waals surface area contributed by atoms with Crippen LogP contribution >= 0.6 is 0 Å². The standard InChI is InChI=1S/C18H11F2NO4/c19-12-3-2-11(9-13(12)20)17-21-14(18(22)25-17)7-10-1-4-15-16(8-10)24-6-5-23-15/h1-4,7-9H,5-6H2/b14-7+. The molecule has 25 heavy (non-hydrogen) atoms. The predicted molar refractivity (Wildman–Crippen MR) is 84.4 cm³/mol. The Hall–Kier alpha value is -3.22. The van der Waals surface area contributed by atoms with Crippen molar-refractivity contribution in [3.63, 3.8) is 0 Å². The lowest BCUT2D eigenvalue weighted by Gasteiger charge is -2.18. The molecule has 2 heterocycles. The van der Waals surface area contributed by atoms with Gasteiger partial charge in [0.1, 0.15) is 13.2 Å². The Morgan fingerprint density at radius 3 is 2.56 bits per heavy atom. The first-order valence-electron chi connectivity index (χ1n) is 7.48. The molecule has 2 aromatic rings. The zero-order chi connectivity index (χ0) is 17.4. The molecule has 0 N–H and O–H groups in total. The van der Waals surface area contributed by atoms with Gasteiger partial charge >= 0.3 is 5.97 Å². The van der Waals surface area contributed by atoms with Gasteiger partial charge in [-0.3, -0.25) is 0 Å². The van der Waals surface area contributed by atoms with E-state index in [-0.39, 0.29) is 17.2 Å². The Bertz CT molecular complexity index is 937. The third-order valence-corrected chi connectivity index (χ3v) is 3.66. The van der Waals surface area contributed by atoms with Crippen LogP contribution < -0.4 is 9.47 Å². The lowest BCUT2D eigenvalue weighted by molar-refractivity contribution is -0.129. The molecule has 7 heteroatoms. The first kappa shape index (κ1) is 15.3. The quantitative estimate of drug-likeness (QED) is 0.621. The second-order valence-electron chi connectivity index (χ2n) is 5.37. The molecule has 0 radical (unpaired) electrons. The second-order valence-corrected chi connectivity index (χ2v) is 5.37. The van der Waals surface area contributed by atoms with Gasteiger partial charge in [0, 0.05) is 5.56 Å². The Morgan fingerprint density at radius 2 is 1.76 bits per heavy atom. The SMILES string of the molecule is O=C1OC(c2ccc(F)c(F)c2)=N/C1=C/c1ccc2c(c1)OCCO2. The van der Waals surface area contributed by atoms with Crippen LogP contribution in [0.4, 0.5) is 8.78 Å². The molecule has 5 nitrogen and oxygen atoms in total. The molecule has 0 spiro atoms. The lowest BCUT2D eigenvalue weighted by atomic mass is 10.1. The molecule has 4 rings (SSSR count). The molecule has 0 aromatic heterocycles. The number of cyclic esters (lactones) is 1. The normalized spacial score (nSPS) is 17.4. The summed E-state index contributed by atoms with van der Waals surface area (Å²) < 4.78 is 42.3. The van der Waals surface area contributed by atoms with Gasteiger partial charge in [-0.15, -0.1) is 0 Å². The predicted octanol–water partition coefficient (Wildman–Crippen LogP) is 3.08. The van der Waals surface area contributed by atoms with Crippen LogP contribution in [0.1, 0.15) is 11.1 Å². The number of rotatable bonds is 2. The van der Waals surface area contributed by atoms with Gasteiger partial charge in [-0.2, -0.15) is 0 Å². The van der Waals surface area contributed by atoms with E-state index < -0.39 is 17.6 Å². The zero-order valence-corrected chi connectivity index (χ0v) is 12.8. The van der Waals surface area contributed by atoms with Crippen molar-refractivity contribution >= 4 is 17.9 Å². The van der Waals surface area contributed by atoms with Gasteiger partial charge in [0.05, 0.1) is 0 Å². The van der Waals surface area contributed by atoms with Crippen molar-refractivity contribution in [2.45, 2.75) is 0 Å². The Labute approximate surface area is 141 Å². The maximum absolute atomic E-state index is 13.3. The number of esters is 1. The number of fused-ring (bicyclic) bond motifs is 1. The van der Waals surface area contributed by atoms with Crippen LogP contribution in [0.2, 0.25) is 0 Å². The number of benzene rings is 2. The number of nitrogens with zero attached hydrogens (tertiary/aromatic N) is 1. The third-order valence-electron chi connectivity index (χ3n) is 3.66. The molecule has 0 bridgehead atoms. The molecule has 0 saturated heterocycles. The number of halogens is 2. The molecular formula is C18H11F2NO4. The number of carbonyl (C=O) groups is 1. The molecule has 0 unspecified atom stereocenters. The van der Waals surface area contributed by atoms with Crippen molar-refractivity contribution in [2.75, 3.05) is 13.2 Å². The zero-order valence-electron chi connectivity index (χ0n) is 12.8. The minimum atomic E-state index is -1.04. The van der Waals surface area contributed by atoms with E-state index in [0.29, 0.717) is 30.3 Å². The highest BCUT2D eigenvalue weighted by molar-refractivity contribution is 6.12. The van der Waals surface area contributed by atoms with Crippen LogP contribution in [0.5, 0.6) is 11.5 Å². The maximum atomic E-state index is 13.3. The van der Waals surface area contributed by atoms with Crippen molar-refractivity contribution in [3.05, 3.63) is 64.9 Å². The van der Waals surface area contributed by atoms with Crippen LogP contribution in [-0.2, 0) is 9.53 Å². The topological polar surface area (TPSA) is 57.1 Å². The molecule has 126 valence electrons. The highest BCUT2D eigenvalue weighted by Gasteiger charge is 2.25. The maximum Gasteiger partial charge on any atom is 0.363 e. The summed E-state index contributed by atoms with van der Waals surface area (Å²) in [4.78, 5) is 16.0. The smallest absolute Gasteiger partial charge is 0.363 e. The fraction of sp³-hybridized carbons (Fsp3) is 0.111.